The van der Waals surface area contributed by atoms with E-state index in [2.05, 4.69) is 49.6 Å². The van der Waals surface area contributed by atoms with Crippen molar-refractivity contribution in [3.05, 3.63) is 52.6 Å². The molecule has 21 heavy (non-hydrogen) atoms. The van der Waals surface area contributed by atoms with E-state index < -0.39 is 0 Å². The minimum absolute atomic E-state index is 0.253. The lowest BCUT2D eigenvalue weighted by atomic mass is 9.99. The largest absolute Gasteiger partial charge is 0.321 e. The molecule has 0 spiro atoms. The molecule has 0 radical (unpaired) electrons. The Labute approximate surface area is 126 Å². The number of benzene rings is 1. The second-order valence-corrected chi connectivity index (χ2v) is 6.27. The number of aromatic nitrogens is 2. The van der Waals surface area contributed by atoms with E-state index in [9.17, 15) is 4.79 Å². The molecule has 0 atom stereocenters. The fraction of sp³-hybridized carbons (Fsp3) is 0.444. The highest BCUT2D eigenvalue weighted by Gasteiger charge is 2.26. The molecule has 1 aliphatic carbocycles. The molecule has 1 heterocycles. The van der Waals surface area contributed by atoms with Crippen LogP contribution in [0.5, 0.6) is 0 Å². The van der Waals surface area contributed by atoms with Crippen molar-refractivity contribution in [1.82, 2.24) is 9.55 Å². The molecule has 3 rings (SSSR count). The predicted octanol–water partition coefficient (Wildman–Crippen LogP) is 3.88. The first-order valence-corrected chi connectivity index (χ1v) is 7.74. The van der Waals surface area contributed by atoms with Crippen molar-refractivity contribution in [2.45, 2.75) is 52.5 Å². The summed E-state index contributed by atoms with van der Waals surface area (Å²) in [6, 6.07) is 8.52. The Bertz CT molecular complexity index is 665. The molecule has 1 aromatic carbocycles. The molecule has 1 aromatic heterocycles. The van der Waals surface area contributed by atoms with Crippen LogP contribution in [0.1, 0.15) is 65.7 Å². The first-order valence-electron chi connectivity index (χ1n) is 7.74. The third-order valence-electron chi connectivity index (χ3n) is 4.13. The Morgan fingerprint density at radius 2 is 1.90 bits per heavy atom. The van der Waals surface area contributed by atoms with Crippen LogP contribution in [0, 0.1) is 6.92 Å². The van der Waals surface area contributed by atoms with Crippen molar-refractivity contribution < 1.29 is 4.79 Å². The van der Waals surface area contributed by atoms with Crippen LogP contribution in [-0.2, 0) is 13.0 Å². The van der Waals surface area contributed by atoms with Crippen molar-refractivity contribution in [1.29, 1.82) is 0 Å². The normalized spacial score (nSPS) is 14.6. The Balaban J connectivity index is 2.05. The number of carbonyl (C=O) groups is 1. The van der Waals surface area contributed by atoms with Gasteiger partial charge in [-0.2, -0.15) is 0 Å². The van der Waals surface area contributed by atoms with Gasteiger partial charge in [0.05, 0.1) is 5.69 Å². The van der Waals surface area contributed by atoms with E-state index in [4.69, 9.17) is 4.98 Å². The van der Waals surface area contributed by atoms with Gasteiger partial charge in [0.1, 0.15) is 11.5 Å². The number of Topliss-reactive ketones (excluding diaryl/α,β-unsaturated/α-hetero) is 1. The standard InChI is InChI=1S/C18H22N2O/c1-12(2)18-19-15-5-4-6-16(21)17(15)20(18)11-14-9-7-13(3)8-10-14/h7-10,12H,4-6,11H2,1-3H3. The lowest BCUT2D eigenvalue weighted by Gasteiger charge is -2.16. The van der Waals surface area contributed by atoms with Crippen LogP contribution in [0.2, 0.25) is 0 Å². The van der Waals surface area contributed by atoms with Gasteiger partial charge in [-0.25, -0.2) is 4.98 Å². The molecule has 0 saturated carbocycles. The number of imidazole rings is 1. The molecular weight excluding hydrogens is 260 g/mol. The maximum absolute atomic E-state index is 12.3. The topological polar surface area (TPSA) is 34.9 Å². The van der Waals surface area contributed by atoms with Gasteiger partial charge in [0.2, 0.25) is 0 Å². The lowest BCUT2D eigenvalue weighted by molar-refractivity contribution is 0.0963. The molecule has 0 fully saturated rings. The molecule has 0 aliphatic heterocycles. The van der Waals surface area contributed by atoms with Gasteiger partial charge in [-0.1, -0.05) is 43.7 Å². The maximum atomic E-state index is 12.3. The quantitative estimate of drug-likeness (QED) is 0.856. The van der Waals surface area contributed by atoms with Crippen LogP contribution in [-0.4, -0.2) is 15.3 Å². The smallest absolute Gasteiger partial charge is 0.181 e. The van der Waals surface area contributed by atoms with Crippen LogP contribution in [0.25, 0.3) is 0 Å². The van der Waals surface area contributed by atoms with Crippen molar-refractivity contribution in [3.63, 3.8) is 0 Å². The van der Waals surface area contributed by atoms with E-state index in [-0.39, 0.29) is 5.78 Å². The average molecular weight is 282 g/mol. The van der Waals surface area contributed by atoms with E-state index >= 15 is 0 Å². The molecular formula is C18H22N2O. The molecule has 1 aliphatic rings. The van der Waals surface area contributed by atoms with Gasteiger partial charge in [0.25, 0.3) is 0 Å². The average Bonchev–Trinajstić information content (AvgIpc) is 2.82. The van der Waals surface area contributed by atoms with Gasteiger partial charge in [0, 0.05) is 18.9 Å². The third kappa shape index (κ3) is 2.65. The lowest BCUT2D eigenvalue weighted by Crippen LogP contribution is -2.17. The Morgan fingerprint density at radius 1 is 1.19 bits per heavy atom. The number of nitrogens with zero attached hydrogens (tertiary/aromatic N) is 2. The number of fused-ring (bicyclic) bond motifs is 1. The summed E-state index contributed by atoms with van der Waals surface area (Å²) in [5.74, 6) is 1.62. The van der Waals surface area contributed by atoms with Crippen LogP contribution in [0.4, 0.5) is 0 Å². The minimum Gasteiger partial charge on any atom is -0.321 e. The molecule has 0 saturated heterocycles. The first-order chi connectivity index (χ1) is 10.1. The van der Waals surface area contributed by atoms with E-state index in [1.165, 1.54) is 11.1 Å². The Hall–Kier alpha value is -1.90. The summed E-state index contributed by atoms with van der Waals surface area (Å²) in [6.07, 6.45) is 2.52. The van der Waals surface area contributed by atoms with Crippen LogP contribution < -0.4 is 0 Å². The summed E-state index contributed by atoms with van der Waals surface area (Å²) >= 11 is 0. The maximum Gasteiger partial charge on any atom is 0.181 e. The van der Waals surface area contributed by atoms with E-state index in [1.807, 2.05) is 0 Å². The summed E-state index contributed by atoms with van der Waals surface area (Å²) in [6.45, 7) is 7.11. The number of rotatable bonds is 3. The van der Waals surface area contributed by atoms with Crippen LogP contribution in [0.3, 0.4) is 0 Å². The summed E-state index contributed by atoms with van der Waals surface area (Å²) in [4.78, 5) is 17.1. The molecule has 0 unspecified atom stereocenters. The number of aryl methyl sites for hydroxylation is 2. The summed E-state index contributed by atoms with van der Waals surface area (Å²) in [7, 11) is 0. The number of carbonyl (C=O) groups excluding carboxylic acids is 1. The number of ketones is 1. The monoisotopic (exact) mass is 282 g/mol. The van der Waals surface area contributed by atoms with Crippen molar-refractivity contribution >= 4 is 5.78 Å². The van der Waals surface area contributed by atoms with E-state index in [0.717, 1.165) is 36.6 Å². The highest BCUT2D eigenvalue weighted by Crippen LogP contribution is 2.26. The Morgan fingerprint density at radius 3 is 2.57 bits per heavy atom. The van der Waals surface area contributed by atoms with Gasteiger partial charge in [-0.3, -0.25) is 4.79 Å². The van der Waals surface area contributed by atoms with Crippen LogP contribution in [0.15, 0.2) is 24.3 Å². The summed E-state index contributed by atoms with van der Waals surface area (Å²) in [5, 5.41) is 0. The van der Waals surface area contributed by atoms with Crippen molar-refractivity contribution in [3.8, 4) is 0 Å². The zero-order valence-corrected chi connectivity index (χ0v) is 13.0. The van der Waals surface area contributed by atoms with E-state index in [1.54, 1.807) is 0 Å². The molecule has 0 amide bonds. The molecule has 3 nitrogen and oxygen atoms in total. The zero-order valence-electron chi connectivity index (χ0n) is 13.0. The second-order valence-electron chi connectivity index (χ2n) is 6.27. The van der Waals surface area contributed by atoms with Gasteiger partial charge < -0.3 is 4.57 Å². The number of hydrogen-bond acceptors (Lipinski definition) is 2. The third-order valence-corrected chi connectivity index (χ3v) is 4.13. The zero-order chi connectivity index (χ0) is 15.0. The minimum atomic E-state index is 0.253. The molecule has 0 bridgehead atoms. The fourth-order valence-electron chi connectivity index (χ4n) is 3.02. The van der Waals surface area contributed by atoms with Crippen LogP contribution >= 0.6 is 0 Å². The first kappa shape index (κ1) is 14.1. The van der Waals surface area contributed by atoms with Crippen molar-refractivity contribution in [2.24, 2.45) is 0 Å². The van der Waals surface area contributed by atoms with Gasteiger partial charge >= 0.3 is 0 Å². The van der Waals surface area contributed by atoms with E-state index in [0.29, 0.717) is 12.3 Å². The second kappa shape index (κ2) is 5.47. The summed E-state index contributed by atoms with van der Waals surface area (Å²) in [5.41, 5.74) is 4.33. The van der Waals surface area contributed by atoms with Crippen molar-refractivity contribution in [2.75, 3.05) is 0 Å². The Kier molecular flexibility index (Phi) is 3.66. The predicted molar refractivity (Wildman–Crippen MR) is 83.9 cm³/mol. The molecule has 3 heteroatoms. The fourth-order valence-corrected chi connectivity index (χ4v) is 3.02. The van der Waals surface area contributed by atoms with Gasteiger partial charge in [-0.15, -0.1) is 0 Å². The highest BCUT2D eigenvalue weighted by atomic mass is 16.1. The number of hydrogen-bond donors (Lipinski definition) is 0. The molecule has 110 valence electrons. The SMILES string of the molecule is Cc1ccc(Cn2c(C(C)C)nc3c2C(=O)CCC3)cc1. The van der Waals surface area contributed by atoms with Gasteiger partial charge in [0.15, 0.2) is 5.78 Å². The molecule has 0 N–H and O–H groups in total. The summed E-state index contributed by atoms with van der Waals surface area (Å²) < 4.78 is 2.14. The van der Waals surface area contributed by atoms with Gasteiger partial charge in [-0.05, 0) is 25.3 Å². The molecule has 2 aromatic rings. The highest BCUT2D eigenvalue weighted by molar-refractivity contribution is 5.96.